The summed E-state index contributed by atoms with van der Waals surface area (Å²) >= 11 is 0. The van der Waals surface area contributed by atoms with Crippen molar-refractivity contribution < 1.29 is 4.74 Å². The van der Waals surface area contributed by atoms with E-state index in [9.17, 15) is 0 Å². The molecule has 0 aliphatic rings. The van der Waals surface area contributed by atoms with Crippen molar-refractivity contribution in [3.63, 3.8) is 0 Å². The predicted molar refractivity (Wildman–Crippen MR) is 51.0 cm³/mol. The predicted octanol–water partition coefficient (Wildman–Crippen LogP) is 2.56. The number of rotatable bonds is 3. The summed E-state index contributed by atoms with van der Waals surface area (Å²) in [5, 5.41) is 0. The third-order valence-electron chi connectivity index (χ3n) is 1.67. The Balaban J connectivity index is 2.89. The van der Waals surface area contributed by atoms with E-state index in [-0.39, 0.29) is 0 Å². The summed E-state index contributed by atoms with van der Waals surface area (Å²) in [5.41, 5.74) is 2.23. The Kier molecular flexibility index (Phi) is 3.33. The molecular formula is C10H13NO. The summed E-state index contributed by atoms with van der Waals surface area (Å²) in [5.74, 6) is 0. The molecule has 0 saturated heterocycles. The number of ether oxygens (including phenoxy) is 1. The fourth-order valence-corrected chi connectivity index (χ4v) is 1.05. The number of benzene rings is 1. The van der Waals surface area contributed by atoms with Crippen molar-refractivity contribution in [3.8, 4) is 0 Å². The lowest BCUT2D eigenvalue weighted by Gasteiger charge is -2.00. The second-order valence-corrected chi connectivity index (χ2v) is 2.45. The van der Waals surface area contributed by atoms with Crippen LogP contribution in [0.2, 0.25) is 0 Å². The lowest BCUT2D eigenvalue weighted by Crippen LogP contribution is -1.81. The van der Waals surface area contributed by atoms with Gasteiger partial charge in [-0.2, -0.15) is 0 Å². The van der Waals surface area contributed by atoms with Crippen molar-refractivity contribution in [1.29, 1.82) is 0 Å². The van der Waals surface area contributed by atoms with Crippen LogP contribution in [0, 0.1) is 0 Å². The Bertz CT molecular complexity index is 268. The van der Waals surface area contributed by atoms with Gasteiger partial charge in [0, 0.05) is 0 Å². The number of hydrogen-bond acceptors (Lipinski definition) is 2. The van der Waals surface area contributed by atoms with Crippen molar-refractivity contribution in [2.45, 2.75) is 13.3 Å². The number of nitrogens with zero attached hydrogens (tertiary/aromatic N) is 1. The van der Waals surface area contributed by atoms with E-state index >= 15 is 0 Å². The van der Waals surface area contributed by atoms with E-state index in [1.54, 1.807) is 7.11 Å². The number of para-hydroxylation sites is 1. The summed E-state index contributed by atoms with van der Waals surface area (Å²) < 4.78 is 4.75. The Labute approximate surface area is 72.9 Å². The zero-order valence-electron chi connectivity index (χ0n) is 7.45. The zero-order valence-corrected chi connectivity index (χ0v) is 7.45. The molecule has 0 fully saturated rings. The molecule has 2 nitrogen and oxygen atoms in total. The van der Waals surface area contributed by atoms with Crippen molar-refractivity contribution in [2.24, 2.45) is 4.99 Å². The van der Waals surface area contributed by atoms with Gasteiger partial charge in [0.2, 0.25) is 0 Å². The fraction of sp³-hybridized carbons (Fsp3) is 0.300. The summed E-state index contributed by atoms with van der Waals surface area (Å²) in [7, 11) is 1.60. The smallest absolute Gasteiger partial charge is 0.174 e. The first-order valence-corrected chi connectivity index (χ1v) is 4.01. The van der Waals surface area contributed by atoms with Gasteiger partial charge >= 0.3 is 0 Å². The lowest BCUT2D eigenvalue weighted by molar-refractivity contribution is 0.423. The molecule has 0 heterocycles. The summed E-state index contributed by atoms with van der Waals surface area (Å²) in [4.78, 5) is 4.15. The standard InChI is InChI=1S/C10H13NO/c1-3-9-6-4-5-7-10(9)11-8-12-2/h4-8H,3H2,1-2H3. The van der Waals surface area contributed by atoms with Crippen LogP contribution >= 0.6 is 0 Å². The maximum atomic E-state index is 4.75. The van der Waals surface area contributed by atoms with Gasteiger partial charge in [0.1, 0.15) is 0 Å². The van der Waals surface area contributed by atoms with Gasteiger partial charge < -0.3 is 4.74 Å². The second-order valence-electron chi connectivity index (χ2n) is 2.45. The molecule has 0 amide bonds. The Morgan fingerprint density at radius 1 is 1.42 bits per heavy atom. The Morgan fingerprint density at radius 2 is 2.17 bits per heavy atom. The van der Waals surface area contributed by atoms with Crippen LogP contribution in [0.25, 0.3) is 0 Å². The maximum absolute atomic E-state index is 4.75. The molecular weight excluding hydrogens is 150 g/mol. The normalized spacial score (nSPS) is 10.5. The SMILES string of the molecule is CCc1ccccc1N=COC. The van der Waals surface area contributed by atoms with Crippen LogP contribution < -0.4 is 0 Å². The van der Waals surface area contributed by atoms with E-state index in [1.807, 2.05) is 18.2 Å². The van der Waals surface area contributed by atoms with Crippen LogP contribution in [-0.2, 0) is 11.2 Å². The first-order chi connectivity index (χ1) is 5.88. The summed E-state index contributed by atoms with van der Waals surface area (Å²) in [6.45, 7) is 2.11. The molecule has 0 spiro atoms. The molecule has 2 heteroatoms. The average molecular weight is 163 g/mol. The van der Waals surface area contributed by atoms with Gasteiger partial charge in [-0.3, -0.25) is 0 Å². The number of aryl methyl sites for hydroxylation is 1. The van der Waals surface area contributed by atoms with Crippen LogP contribution in [0.1, 0.15) is 12.5 Å². The van der Waals surface area contributed by atoms with Crippen LogP contribution in [0.3, 0.4) is 0 Å². The highest BCUT2D eigenvalue weighted by Gasteiger charge is 1.94. The molecule has 1 aromatic carbocycles. The minimum atomic E-state index is 0.988. The highest BCUT2D eigenvalue weighted by molar-refractivity contribution is 5.58. The molecule has 0 bridgehead atoms. The molecule has 1 rings (SSSR count). The minimum Gasteiger partial charge on any atom is -0.486 e. The van der Waals surface area contributed by atoms with Crippen LogP contribution in [0.15, 0.2) is 29.3 Å². The molecule has 1 aromatic rings. The lowest BCUT2D eigenvalue weighted by atomic mass is 10.1. The van der Waals surface area contributed by atoms with E-state index < -0.39 is 0 Å². The molecule has 0 unspecified atom stereocenters. The quantitative estimate of drug-likeness (QED) is 0.495. The molecule has 64 valence electrons. The van der Waals surface area contributed by atoms with Gasteiger partial charge in [0.25, 0.3) is 0 Å². The third-order valence-corrected chi connectivity index (χ3v) is 1.67. The molecule has 0 aromatic heterocycles. The van der Waals surface area contributed by atoms with Gasteiger partial charge in [-0.15, -0.1) is 0 Å². The molecule has 0 aliphatic carbocycles. The van der Waals surface area contributed by atoms with E-state index in [1.165, 1.54) is 12.0 Å². The largest absolute Gasteiger partial charge is 0.486 e. The molecule has 0 radical (unpaired) electrons. The second kappa shape index (κ2) is 4.54. The first kappa shape index (κ1) is 8.78. The highest BCUT2D eigenvalue weighted by Crippen LogP contribution is 2.17. The molecule has 0 aliphatic heterocycles. The summed E-state index contributed by atoms with van der Waals surface area (Å²) in [6.07, 6.45) is 2.45. The average Bonchev–Trinajstić information content (AvgIpc) is 2.15. The molecule has 0 saturated carbocycles. The van der Waals surface area contributed by atoms with Crippen LogP contribution in [-0.4, -0.2) is 13.5 Å². The van der Waals surface area contributed by atoms with Crippen molar-refractivity contribution in [1.82, 2.24) is 0 Å². The molecule has 12 heavy (non-hydrogen) atoms. The van der Waals surface area contributed by atoms with E-state index in [2.05, 4.69) is 18.0 Å². The van der Waals surface area contributed by atoms with Crippen molar-refractivity contribution in [2.75, 3.05) is 7.11 Å². The summed E-state index contributed by atoms with van der Waals surface area (Å²) in [6, 6.07) is 8.04. The topological polar surface area (TPSA) is 21.6 Å². The third kappa shape index (κ3) is 2.09. The zero-order chi connectivity index (χ0) is 8.81. The number of methoxy groups -OCH3 is 1. The van der Waals surface area contributed by atoms with Gasteiger partial charge in [0.05, 0.1) is 12.8 Å². The number of hydrogen-bond donors (Lipinski definition) is 0. The minimum absolute atomic E-state index is 0.988. The van der Waals surface area contributed by atoms with Gasteiger partial charge in [-0.05, 0) is 18.1 Å². The maximum Gasteiger partial charge on any atom is 0.174 e. The highest BCUT2D eigenvalue weighted by atomic mass is 16.5. The van der Waals surface area contributed by atoms with E-state index in [0.717, 1.165) is 12.1 Å². The van der Waals surface area contributed by atoms with E-state index in [4.69, 9.17) is 4.74 Å². The van der Waals surface area contributed by atoms with E-state index in [0.29, 0.717) is 0 Å². The Hall–Kier alpha value is -1.31. The van der Waals surface area contributed by atoms with Crippen LogP contribution in [0.5, 0.6) is 0 Å². The number of aliphatic imine (C=N–C) groups is 1. The van der Waals surface area contributed by atoms with Gasteiger partial charge in [-0.1, -0.05) is 25.1 Å². The monoisotopic (exact) mass is 163 g/mol. The Morgan fingerprint density at radius 3 is 2.83 bits per heavy atom. The molecule has 0 N–H and O–H groups in total. The van der Waals surface area contributed by atoms with Gasteiger partial charge in [0.15, 0.2) is 6.40 Å². The van der Waals surface area contributed by atoms with Crippen molar-refractivity contribution in [3.05, 3.63) is 29.8 Å². The fourth-order valence-electron chi connectivity index (χ4n) is 1.05. The van der Waals surface area contributed by atoms with Gasteiger partial charge in [-0.25, -0.2) is 4.99 Å². The first-order valence-electron chi connectivity index (χ1n) is 4.01. The molecule has 0 atom stereocenters. The van der Waals surface area contributed by atoms with Crippen LogP contribution in [0.4, 0.5) is 5.69 Å². The van der Waals surface area contributed by atoms with Crippen molar-refractivity contribution >= 4 is 12.1 Å².